The topological polar surface area (TPSA) is 49.3 Å². The molecule has 0 aromatic heterocycles. The maximum absolute atomic E-state index is 11.4. The van der Waals surface area contributed by atoms with E-state index in [4.69, 9.17) is 23.2 Å². The molecular weight excluding hydrogens is 365 g/mol. The highest BCUT2D eigenvalue weighted by Gasteiger charge is 2.20. The lowest BCUT2D eigenvalue weighted by Gasteiger charge is -2.16. The molecule has 20 heavy (non-hydrogen) atoms. The van der Waals surface area contributed by atoms with Crippen LogP contribution < -0.4 is 5.32 Å². The largest absolute Gasteiger partial charge is 0.479 e. The Balaban J connectivity index is 2.29. The van der Waals surface area contributed by atoms with E-state index in [1.54, 1.807) is 42.5 Å². The molecule has 0 aliphatic carbocycles. The number of carboxylic acids is 1. The van der Waals surface area contributed by atoms with Crippen molar-refractivity contribution in [2.24, 2.45) is 0 Å². The lowest BCUT2D eigenvalue weighted by Crippen LogP contribution is -2.20. The molecular formula is C14H10BrCl2NO2. The van der Waals surface area contributed by atoms with Crippen LogP contribution in [-0.2, 0) is 4.79 Å². The number of carbonyl (C=O) groups is 1. The van der Waals surface area contributed by atoms with Crippen molar-refractivity contribution in [2.45, 2.75) is 6.04 Å². The predicted octanol–water partition coefficient (Wildman–Crippen LogP) is 4.99. The van der Waals surface area contributed by atoms with Crippen molar-refractivity contribution in [2.75, 3.05) is 5.32 Å². The van der Waals surface area contributed by atoms with E-state index in [0.29, 0.717) is 21.3 Å². The minimum Gasteiger partial charge on any atom is -0.479 e. The second-order valence-corrected chi connectivity index (χ2v) is 5.79. The first-order chi connectivity index (χ1) is 9.47. The summed E-state index contributed by atoms with van der Waals surface area (Å²) < 4.78 is 0.721. The summed E-state index contributed by atoms with van der Waals surface area (Å²) in [7, 11) is 0. The van der Waals surface area contributed by atoms with Gasteiger partial charge in [0.05, 0.1) is 5.02 Å². The van der Waals surface area contributed by atoms with Crippen LogP contribution in [0.25, 0.3) is 0 Å². The van der Waals surface area contributed by atoms with E-state index in [-0.39, 0.29) is 0 Å². The average Bonchev–Trinajstić information content (AvgIpc) is 2.41. The minimum atomic E-state index is -0.988. The van der Waals surface area contributed by atoms with Gasteiger partial charge in [0.2, 0.25) is 0 Å². The molecule has 0 saturated heterocycles. The highest BCUT2D eigenvalue weighted by molar-refractivity contribution is 9.10. The summed E-state index contributed by atoms with van der Waals surface area (Å²) in [4.78, 5) is 11.4. The quantitative estimate of drug-likeness (QED) is 0.792. The highest BCUT2D eigenvalue weighted by atomic mass is 79.9. The highest BCUT2D eigenvalue weighted by Crippen LogP contribution is 2.28. The molecule has 0 spiro atoms. The number of hydrogen-bond donors (Lipinski definition) is 2. The van der Waals surface area contributed by atoms with Gasteiger partial charge in [0.15, 0.2) is 6.04 Å². The SMILES string of the molecule is O=C(O)C(Nc1ccc(Cl)cc1)c1ccc(Br)c(Cl)c1. The zero-order chi connectivity index (χ0) is 14.7. The van der Waals surface area contributed by atoms with E-state index in [1.807, 2.05) is 0 Å². The van der Waals surface area contributed by atoms with Crippen LogP contribution in [0.2, 0.25) is 10.0 Å². The average molecular weight is 375 g/mol. The van der Waals surface area contributed by atoms with E-state index < -0.39 is 12.0 Å². The Hall–Kier alpha value is -1.23. The van der Waals surface area contributed by atoms with Gasteiger partial charge in [0.1, 0.15) is 0 Å². The van der Waals surface area contributed by atoms with Crippen LogP contribution in [0, 0.1) is 0 Å². The Kier molecular flexibility index (Phi) is 4.91. The number of halogens is 3. The molecule has 2 N–H and O–H groups in total. The fourth-order valence-corrected chi connectivity index (χ4v) is 2.25. The first-order valence-electron chi connectivity index (χ1n) is 5.67. The third-order valence-corrected chi connectivity index (χ3v) is 4.16. The summed E-state index contributed by atoms with van der Waals surface area (Å²) in [5, 5.41) is 13.4. The smallest absolute Gasteiger partial charge is 0.330 e. The van der Waals surface area contributed by atoms with Crippen LogP contribution in [0.3, 0.4) is 0 Å². The number of rotatable bonds is 4. The Morgan fingerprint density at radius 3 is 2.35 bits per heavy atom. The Morgan fingerprint density at radius 2 is 1.80 bits per heavy atom. The lowest BCUT2D eigenvalue weighted by atomic mass is 10.1. The van der Waals surface area contributed by atoms with Crippen molar-refractivity contribution >= 4 is 50.8 Å². The van der Waals surface area contributed by atoms with Gasteiger partial charge in [-0.05, 0) is 57.9 Å². The molecule has 0 heterocycles. The van der Waals surface area contributed by atoms with Crippen molar-refractivity contribution in [3.63, 3.8) is 0 Å². The van der Waals surface area contributed by atoms with Crippen molar-refractivity contribution in [3.05, 3.63) is 62.5 Å². The summed E-state index contributed by atoms with van der Waals surface area (Å²) in [6.45, 7) is 0. The number of aliphatic carboxylic acids is 1. The Morgan fingerprint density at radius 1 is 1.15 bits per heavy atom. The van der Waals surface area contributed by atoms with Crippen LogP contribution >= 0.6 is 39.1 Å². The maximum atomic E-state index is 11.4. The molecule has 2 rings (SSSR count). The molecule has 2 aromatic rings. The molecule has 1 atom stereocenters. The molecule has 2 aromatic carbocycles. The third kappa shape index (κ3) is 3.66. The number of anilines is 1. The van der Waals surface area contributed by atoms with Crippen molar-refractivity contribution in [3.8, 4) is 0 Å². The summed E-state index contributed by atoms with van der Waals surface area (Å²) in [6, 6.07) is 11.0. The van der Waals surface area contributed by atoms with Crippen molar-refractivity contribution in [1.82, 2.24) is 0 Å². The zero-order valence-electron chi connectivity index (χ0n) is 10.1. The molecule has 0 radical (unpaired) electrons. The van der Waals surface area contributed by atoms with Gasteiger partial charge in [-0.15, -0.1) is 0 Å². The third-order valence-electron chi connectivity index (χ3n) is 2.68. The summed E-state index contributed by atoms with van der Waals surface area (Å²) >= 11 is 15.1. The summed E-state index contributed by atoms with van der Waals surface area (Å²) in [5.41, 5.74) is 1.24. The van der Waals surface area contributed by atoms with E-state index >= 15 is 0 Å². The number of hydrogen-bond acceptors (Lipinski definition) is 2. The molecule has 0 aliphatic rings. The molecule has 104 valence electrons. The molecule has 6 heteroatoms. The fourth-order valence-electron chi connectivity index (χ4n) is 1.69. The van der Waals surface area contributed by atoms with E-state index in [9.17, 15) is 9.90 Å². The molecule has 0 amide bonds. The molecule has 0 bridgehead atoms. The van der Waals surface area contributed by atoms with Gasteiger partial charge in [-0.3, -0.25) is 0 Å². The van der Waals surface area contributed by atoms with Crippen LogP contribution in [0.1, 0.15) is 11.6 Å². The van der Waals surface area contributed by atoms with Gasteiger partial charge in [-0.25, -0.2) is 4.79 Å². The monoisotopic (exact) mass is 373 g/mol. The molecule has 0 fully saturated rings. The molecule has 3 nitrogen and oxygen atoms in total. The zero-order valence-corrected chi connectivity index (χ0v) is 13.2. The first kappa shape index (κ1) is 15.2. The van der Waals surface area contributed by atoms with Gasteiger partial charge in [0, 0.05) is 15.2 Å². The van der Waals surface area contributed by atoms with Crippen LogP contribution in [0.5, 0.6) is 0 Å². The van der Waals surface area contributed by atoms with E-state index in [0.717, 1.165) is 4.47 Å². The molecule has 0 saturated carbocycles. The standard InChI is InChI=1S/C14H10BrCl2NO2/c15-11-6-1-8(7-12(11)17)13(14(19)20)18-10-4-2-9(16)3-5-10/h1-7,13,18H,(H,19,20). The van der Waals surface area contributed by atoms with Gasteiger partial charge >= 0.3 is 5.97 Å². The molecule has 0 aliphatic heterocycles. The number of nitrogens with one attached hydrogen (secondary N) is 1. The first-order valence-corrected chi connectivity index (χ1v) is 7.22. The van der Waals surface area contributed by atoms with Crippen LogP contribution in [0.15, 0.2) is 46.9 Å². The van der Waals surface area contributed by atoms with Crippen molar-refractivity contribution < 1.29 is 9.90 Å². The van der Waals surface area contributed by atoms with Crippen LogP contribution in [0.4, 0.5) is 5.69 Å². The predicted molar refractivity (Wildman–Crippen MR) is 84.6 cm³/mol. The normalized spacial score (nSPS) is 11.9. The van der Waals surface area contributed by atoms with Gasteiger partial charge < -0.3 is 10.4 Å². The Bertz CT molecular complexity index is 632. The van der Waals surface area contributed by atoms with Gasteiger partial charge in [0.25, 0.3) is 0 Å². The number of benzene rings is 2. The number of carboxylic acid groups (broad SMARTS) is 1. The summed E-state index contributed by atoms with van der Waals surface area (Å²) in [5.74, 6) is -0.988. The van der Waals surface area contributed by atoms with Gasteiger partial charge in [-0.2, -0.15) is 0 Å². The Labute approximate surface area is 134 Å². The maximum Gasteiger partial charge on any atom is 0.330 e. The molecule has 1 unspecified atom stereocenters. The minimum absolute atomic E-state index is 0.464. The van der Waals surface area contributed by atoms with Crippen LogP contribution in [-0.4, -0.2) is 11.1 Å². The van der Waals surface area contributed by atoms with Gasteiger partial charge in [-0.1, -0.05) is 29.3 Å². The summed E-state index contributed by atoms with van der Waals surface area (Å²) in [6.07, 6.45) is 0. The van der Waals surface area contributed by atoms with Crippen molar-refractivity contribution in [1.29, 1.82) is 0 Å². The second-order valence-electron chi connectivity index (χ2n) is 4.10. The lowest BCUT2D eigenvalue weighted by molar-refractivity contribution is -0.138. The second kappa shape index (κ2) is 6.48. The fraction of sp³-hybridized carbons (Fsp3) is 0.0714. The van der Waals surface area contributed by atoms with E-state index in [2.05, 4.69) is 21.2 Å². The van der Waals surface area contributed by atoms with E-state index in [1.165, 1.54) is 0 Å².